The molecular formula is C16H25NO6S2. The molecule has 9 heteroatoms. The van der Waals surface area contributed by atoms with E-state index in [-0.39, 0.29) is 23.1 Å². The van der Waals surface area contributed by atoms with Gasteiger partial charge in [0.05, 0.1) is 5.75 Å². The van der Waals surface area contributed by atoms with Crippen molar-refractivity contribution in [1.82, 2.24) is 4.72 Å². The van der Waals surface area contributed by atoms with Gasteiger partial charge >= 0.3 is 11.9 Å². The van der Waals surface area contributed by atoms with Gasteiger partial charge in [0.25, 0.3) is 0 Å². The fourth-order valence-corrected chi connectivity index (χ4v) is 3.35. The Kier molecular flexibility index (Phi) is 9.76. The van der Waals surface area contributed by atoms with Gasteiger partial charge in [-0.1, -0.05) is 30.3 Å². The maximum atomic E-state index is 11.7. The lowest BCUT2D eigenvalue weighted by Gasteiger charge is -2.17. The zero-order valence-corrected chi connectivity index (χ0v) is 16.4. The molecule has 142 valence electrons. The number of carboxylic acids is 1. The highest BCUT2D eigenvalue weighted by atomic mass is 32.2. The van der Waals surface area contributed by atoms with Crippen LogP contribution in [0, 0.1) is 0 Å². The number of thiol groups is 1. The molecule has 0 aliphatic rings. The molecule has 1 aromatic rings. The van der Waals surface area contributed by atoms with Crippen molar-refractivity contribution in [2.24, 2.45) is 0 Å². The van der Waals surface area contributed by atoms with E-state index in [1.165, 1.54) is 6.92 Å². The second-order valence-corrected chi connectivity index (χ2v) is 8.26. The van der Waals surface area contributed by atoms with Crippen LogP contribution in [0.2, 0.25) is 0 Å². The van der Waals surface area contributed by atoms with Crippen molar-refractivity contribution in [2.45, 2.75) is 45.1 Å². The zero-order valence-electron chi connectivity index (χ0n) is 14.7. The van der Waals surface area contributed by atoms with Gasteiger partial charge in [0.15, 0.2) is 0 Å². The van der Waals surface area contributed by atoms with E-state index in [0.717, 1.165) is 0 Å². The Morgan fingerprint density at radius 1 is 1.24 bits per heavy atom. The van der Waals surface area contributed by atoms with Crippen LogP contribution in [-0.2, 0) is 30.1 Å². The van der Waals surface area contributed by atoms with E-state index in [4.69, 9.17) is 9.84 Å². The van der Waals surface area contributed by atoms with E-state index in [9.17, 15) is 18.0 Å². The molecule has 1 atom stereocenters. The molecule has 0 fully saturated rings. The minimum Gasteiger partial charge on any atom is -0.480 e. The molecule has 0 aliphatic heterocycles. The van der Waals surface area contributed by atoms with Gasteiger partial charge in [0.2, 0.25) is 10.0 Å². The second-order valence-electron chi connectivity index (χ2n) is 6.14. The van der Waals surface area contributed by atoms with Crippen LogP contribution in [0.4, 0.5) is 0 Å². The summed E-state index contributed by atoms with van der Waals surface area (Å²) in [7, 11) is -3.67. The molecule has 1 aromatic carbocycles. The summed E-state index contributed by atoms with van der Waals surface area (Å²) in [6.07, 6.45) is 0. The molecule has 0 aliphatic carbocycles. The summed E-state index contributed by atoms with van der Waals surface area (Å²) in [5, 5.41) is 8.73. The Morgan fingerprint density at radius 2 is 1.76 bits per heavy atom. The summed E-state index contributed by atoms with van der Waals surface area (Å²) in [6, 6.07) is 7.34. The van der Waals surface area contributed by atoms with Crippen LogP contribution < -0.4 is 4.72 Å². The average Bonchev–Trinajstić information content (AvgIpc) is 2.43. The number of carboxylic acid groups (broad SMARTS) is 1. The standard InChI is InChI=1S/C10H13NO4S2.C6H12O2/c12-10(13)9(6-16)11-17(14,15)7-8-4-2-1-3-5-8;1-5(7)8-6(2,3)4/h1-5,9,11,16H,6-7H2,(H,12,13);1-4H3/t9-;/m0./s1. The van der Waals surface area contributed by atoms with Crippen molar-refractivity contribution in [1.29, 1.82) is 0 Å². The number of carbonyl (C=O) groups is 2. The van der Waals surface area contributed by atoms with Crippen LogP contribution >= 0.6 is 12.6 Å². The molecule has 2 N–H and O–H groups in total. The van der Waals surface area contributed by atoms with Crippen molar-refractivity contribution in [2.75, 3.05) is 5.75 Å². The van der Waals surface area contributed by atoms with Crippen molar-refractivity contribution in [3.63, 3.8) is 0 Å². The minimum atomic E-state index is -3.67. The van der Waals surface area contributed by atoms with Gasteiger partial charge < -0.3 is 9.84 Å². The van der Waals surface area contributed by atoms with Gasteiger partial charge in [-0.05, 0) is 26.3 Å². The Bertz CT molecular complexity index is 653. The first-order valence-corrected chi connectivity index (χ1v) is 9.72. The number of rotatable bonds is 6. The maximum Gasteiger partial charge on any atom is 0.322 e. The third kappa shape index (κ3) is 12.4. The number of nitrogens with one attached hydrogen (secondary N) is 1. The Labute approximate surface area is 154 Å². The number of hydrogen-bond acceptors (Lipinski definition) is 6. The SMILES string of the molecule is CC(=O)OC(C)(C)C.O=C(O)[C@H](CS)NS(=O)(=O)Cc1ccccc1. The van der Waals surface area contributed by atoms with Gasteiger partial charge in [0, 0.05) is 12.7 Å². The normalized spacial score (nSPS) is 12.5. The van der Waals surface area contributed by atoms with Crippen molar-refractivity contribution in [3.05, 3.63) is 35.9 Å². The minimum absolute atomic E-state index is 0.0939. The number of carbonyl (C=O) groups excluding carboxylic acids is 1. The summed E-state index contributed by atoms with van der Waals surface area (Å²) in [5.74, 6) is -1.80. The fourth-order valence-electron chi connectivity index (χ4n) is 1.65. The van der Waals surface area contributed by atoms with Gasteiger partial charge in [-0.25, -0.2) is 8.42 Å². The summed E-state index contributed by atoms with van der Waals surface area (Å²) in [5.41, 5.74) is 0.273. The largest absolute Gasteiger partial charge is 0.480 e. The van der Waals surface area contributed by atoms with E-state index in [1.54, 1.807) is 30.3 Å². The van der Waals surface area contributed by atoms with Gasteiger partial charge in [-0.15, -0.1) is 0 Å². The molecular weight excluding hydrogens is 366 g/mol. The molecule has 0 unspecified atom stereocenters. The monoisotopic (exact) mass is 391 g/mol. The summed E-state index contributed by atoms with van der Waals surface area (Å²) in [4.78, 5) is 20.9. The highest BCUT2D eigenvalue weighted by Crippen LogP contribution is 2.06. The second kappa shape index (κ2) is 10.4. The molecule has 0 radical (unpaired) electrons. The predicted molar refractivity (Wildman–Crippen MR) is 99.0 cm³/mol. The highest BCUT2D eigenvalue weighted by Gasteiger charge is 2.22. The van der Waals surface area contributed by atoms with Crippen molar-refractivity contribution in [3.8, 4) is 0 Å². The quantitative estimate of drug-likeness (QED) is 0.504. The summed E-state index contributed by atoms with van der Waals surface area (Å²) >= 11 is 3.79. The first kappa shape index (κ1) is 23.4. The van der Waals surface area contributed by atoms with E-state index >= 15 is 0 Å². The van der Waals surface area contributed by atoms with Crippen molar-refractivity contribution >= 4 is 34.6 Å². The maximum absolute atomic E-state index is 11.7. The van der Waals surface area contributed by atoms with Crippen LogP contribution in [0.5, 0.6) is 0 Å². The molecule has 0 heterocycles. The zero-order chi connectivity index (χ0) is 19.7. The first-order valence-electron chi connectivity index (χ1n) is 7.43. The lowest BCUT2D eigenvalue weighted by Crippen LogP contribution is -2.42. The topological polar surface area (TPSA) is 110 Å². The van der Waals surface area contributed by atoms with Crippen LogP contribution in [0.3, 0.4) is 0 Å². The lowest BCUT2D eigenvalue weighted by molar-refractivity contribution is -0.151. The summed E-state index contributed by atoms with van der Waals surface area (Å²) in [6.45, 7) is 6.93. The smallest absolute Gasteiger partial charge is 0.322 e. The predicted octanol–water partition coefficient (Wildman–Crippen LogP) is 1.84. The number of hydrogen-bond donors (Lipinski definition) is 3. The van der Waals surface area contributed by atoms with Crippen LogP contribution in [0.15, 0.2) is 30.3 Å². The highest BCUT2D eigenvalue weighted by molar-refractivity contribution is 7.88. The number of sulfonamides is 1. The molecule has 0 amide bonds. The molecule has 0 aromatic heterocycles. The third-order valence-electron chi connectivity index (χ3n) is 2.45. The van der Waals surface area contributed by atoms with Crippen LogP contribution in [-0.4, -0.2) is 42.9 Å². The molecule has 0 spiro atoms. The Balaban J connectivity index is 0.000000609. The van der Waals surface area contributed by atoms with E-state index in [0.29, 0.717) is 5.56 Å². The number of aliphatic carboxylic acids is 1. The van der Waals surface area contributed by atoms with Gasteiger partial charge in [-0.2, -0.15) is 17.4 Å². The average molecular weight is 392 g/mol. The molecule has 25 heavy (non-hydrogen) atoms. The van der Waals surface area contributed by atoms with Crippen molar-refractivity contribution < 1.29 is 27.9 Å². The molecule has 0 saturated carbocycles. The lowest BCUT2D eigenvalue weighted by atomic mass is 10.2. The van der Waals surface area contributed by atoms with E-state index in [2.05, 4.69) is 17.4 Å². The van der Waals surface area contributed by atoms with Crippen LogP contribution in [0.25, 0.3) is 0 Å². The fraction of sp³-hybridized carbons (Fsp3) is 0.500. The van der Waals surface area contributed by atoms with Gasteiger partial charge in [0.1, 0.15) is 11.6 Å². The first-order chi connectivity index (χ1) is 11.4. The van der Waals surface area contributed by atoms with Crippen LogP contribution in [0.1, 0.15) is 33.3 Å². The third-order valence-corrected chi connectivity index (χ3v) is 4.17. The summed E-state index contributed by atoms with van der Waals surface area (Å²) < 4.78 is 30.2. The molecule has 7 nitrogen and oxygen atoms in total. The Hall–Kier alpha value is -1.58. The van der Waals surface area contributed by atoms with Gasteiger partial charge in [-0.3, -0.25) is 9.59 Å². The van der Waals surface area contributed by atoms with E-state index in [1.807, 2.05) is 20.8 Å². The molecule has 0 saturated heterocycles. The number of ether oxygens (including phenoxy) is 1. The molecule has 1 rings (SSSR count). The van der Waals surface area contributed by atoms with E-state index < -0.39 is 22.0 Å². The number of benzene rings is 1. The Morgan fingerprint density at radius 3 is 2.08 bits per heavy atom. The molecule has 0 bridgehead atoms. The number of esters is 1.